The van der Waals surface area contributed by atoms with Crippen LogP contribution in [0.1, 0.15) is 18.4 Å². The van der Waals surface area contributed by atoms with Crippen molar-refractivity contribution < 1.29 is 22.7 Å². The van der Waals surface area contributed by atoms with E-state index in [1.54, 1.807) is 6.07 Å². The lowest BCUT2D eigenvalue weighted by Crippen LogP contribution is -2.37. The standard InChI is InChI=1S/C22H19F3N2O2S/c23-22(24,25)17(15-7-2-1-3-8-15)13-20(28)27(14-16-9-6-12-29-16)21-26-18-10-4-5-11-19(18)30-21/h1-5,7-8,10-11,13,16H,6,9,12,14H2/b17-13-. The monoisotopic (exact) mass is 432 g/mol. The number of ether oxygens (including phenoxy) is 1. The molecule has 3 aromatic rings. The van der Waals surface area contributed by atoms with Crippen molar-refractivity contribution >= 4 is 38.2 Å². The highest BCUT2D eigenvalue weighted by Crippen LogP contribution is 2.35. The fraction of sp³-hybridized carbons (Fsp3) is 0.273. The van der Waals surface area contributed by atoms with E-state index < -0.39 is 17.7 Å². The largest absolute Gasteiger partial charge is 0.417 e. The molecule has 156 valence electrons. The van der Waals surface area contributed by atoms with Crippen molar-refractivity contribution in [2.24, 2.45) is 0 Å². The van der Waals surface area contributed by atoms with Crippen LogP contribution in [0.2, 0.25) is 0 Å². The third-order valence-electron chi connectivity index (χ3n) is 4.85. The molecule has 4 nitrogen and oxygen atoms in total. The van der Waals surface area contributed by atoms with Gasteiger partial charge in [-0.05, 0) is 30.5 Å². The van der Waals surface area contributed by atoms with Gasteiger partial charge in [-0.3, -0.25) is 9.69 Å². The molecule has 1 aliphatic heterocycles. The first kappa shape index (κ1) is 20.6. The van der Waals surface area contributed by atoms with Crippen molar-refractivity contribution in [3.63, 3.8) is 0 Å². The van der Waals surface area contributed by atoms with Crippen LogP contribution < -0.4 is 4.90 Å². The molecule has 1 atom stereocenters. The molecule has 1 amide bonds. The van der Waals surface area contributed by atoms with Crippen molar-refractivity contribution in [3.05, 3.63) is 66.2 Å². The zero-order valence-electron chi connectivity index (χ0n) is 15.9. The molecule has 1 aromatic heterocycles. The first-order valence-electron chi connectivity index (χ1n) is 9.55. The maximum Gasteiger partial charge on any atom is 0.417 e. The summed E-state index contributed by atoms with van der Waals surface area (Å²) in [6, 6.07) is 14.7. The van der Waals surface area contributed by atoms with Crippen LogP contribution in [0.25, 0.3) is 15.8 Å². The molecule has 1 fully saturated rings. The molecule has 0 bridgehead atoms. The fourth-order valence-corrected chi connectivity index (χ4v) is 4.36. The van der Waals surface area contributed by atoms with E-state index in [9.17, 15) is 18.0 Å². The van der Waals surface area contributed by atoms with Crippen LogP contribution in [-0.2, 0) is 9.53 Å². The van der Waals surface area contributed by atoms with Gasteiger partial charge in [-0.15, -0.1) is 0 Å². The van der Waals surface area contributed by atoms with Gasteiger partial charge in [0.2, 0.25) is 0 Å². The number of hydrogen-bond acceptors (Lipinski definition) is 4. The van der Waals surface area contributed by atoms with Crippen LogP contribution in [0, 0.1) is 0 Å². The van der Waals surface area contributed by atoms with Crippen LogP contribution in [0.3, 0.4) is 0 Å². The van der Waals surface area contributed by atoms with E-state index in [2.05, 4.69) is 4.98 Å². The molecule has 1 unspecified atom stereocenters. The van der Waals surface area contributed by atoms with Gasteiger partial charge in [0, 0.05) is 12.7 Å². The second-order valence-corrected chi connectivity index (χ2v) is 7.98. The highest BCUT2D eigenvalue weighted by atomic mass is 32.1. The summed E-state index contributed by atoms with van der Waals surface area (Å²) in [5, 5.41) is 0.363. The van der Waals surface area contributed by atoms with E-state index in [1.807, 2.05) is 24.3 Å². The highest BCUT2D eigenvalue weighted by Gasteiger charge is 2.36. The summed E-state index contributed by atoms with van der Waals surface area (Å²) < 4.78 is 47.7. The number of nitrogens with zero attached hydrogens (tertiary/aromatic N) is 2. The summed E-state index contributed by atoms with van der Waals surface area (Å²) in [6.07, 6.45) is -2.61. The Bertz CT molecular complexity index is 1020. The minimum Gasteiger partial charge on any atom is -0.376 e. The summed E-state index contributed by atoms with van der Waals surface area (Å²) in [5.74, 6) is -0.763. The number of benzene rings is 2. The number of thiazole rings is 1. The molecule has 2 heterocycles. The Balaban J connectivity index is 1.73. The van der Waals surface area contributed by atoms with Gasteiger partial charge in [0.25, 0.3) is 5.91 Å². The predicted molar refractivity (Wildman–Crippen MR) is 111 cm³/mol. The van der Waals surface area contributed by atoms with E-state index >= 15 is 0 Å². The number of allylic oxidation sites excluding steroid dienone is 1. The van der Waals surface area contributed by atoms with Crippen LogP contribution >= 0.6 is 11.3 Å². The molecule has 1 aliphatic rings. The summed E-state index contributed by atoms with van der Waals surface area (Å²) >= 11 is 1.28. The molecule has 0 spiro atoms. The number of para-hydroxylation sites is 1. The molecular formula is C22H19F3N2O2S. The average Bonchev–Trinajstić information content (AvgIpc) is 3.39. The van der Waals surface area contributed by atoms with Gasteiger partial charge in [-0.2, -0.15) is 13.2 Å². The van der Waals surface area contributed by atoms with E-state index in [4.69, 9.17) is 4.74 Å². The topological polar surface area (TPSA) is 42.4 Å². The third-order valence-corrected chi connectivity index (χ3v) is 5.91. The summed E-state index contributed by atoms with van der Waals surface area (Å²) in [6.45, 7) is 0.745. The number of carbonyl (C=O) groups is 1. The van der Waals surface area contributed by atoms with Gasteiger partial charge >= 0.3 is 6.18 Å². The first-order valence-corrected chi connectivity index (χ1v) is 10.4. The molecule has 2 aromatic carbocycles. The van der Waals surface area contributed by atoms with Crippen LogP contribution in [0.4, 0.5) is 18.3 Å². The molecule has 4 rings (SSSR count). The molecule has 0 aliphatic carbocycles. The summed E-state index contributed by atoms with van der Waals surface area (Å²) in [5.41, 5.74) is -0.336. The lowest BCUT2D eigenvalue weighted by molar-refractivity contribution is -0.115. The van der Waals surface area contributed by atoms with Crippen LogP contribution in [-0.4, -0.2) is 36.3 Å². The highest BCUT2D eigenvalue weighted by molar-refractivity contribution is 7.22. The van der Waals surface area contributed by atoms with Gasteiger partial charge in [0.15, 0.2) is 5.13 Å². The third kappa shape index (κ3) is 4.55. The van der Waals surface area contributed by atoms with Gasteiger partial charge in [-0.1, -0.05) is 53.8 Å². The van der Waals surface area contributed by atoms with Crippen LogP contribution in [0.5, 0.6) is 0 Å². The molecule has 0 N–H and O–H groups in total. The maximum absolute atomic E-state index is 13.7. The minimum absolute atomic E-state index is 0.0558. The van der Waals surface area contributed by atoms with Crippen LogP contribution in [0.15, 0.2) is 60.7 Å². The Morgan fingerprint density at radius 1 is 1.17 bits per heavy atom. The number of hydrogen-bond donors (Lipinski definition) is 0. The number of anilines is 1. The minimum atomic E-state index is -4.67. The van der Waals surface area contributed by atoms with E-state index in [-0.39, 0.29) is 18.2 Å². The molecule has 0 saturated carbocycles. The maximum atomic E-state index is 13.7. The number of fused-ring (bicyclic) bond motifs is 1. The molecule has 1 saturated heterocycles. The fourth-order valence-electron chi connectivity index (χ4n) is 3.38. The SMILES string of the molecule is O=C(/C=C(/c1ccccc1)C(F)(F)F)N(CC1CCCO1)c1nc2ccccc2s1. The van der Waals surface area contributed by atoms with E-state index in [0.29, 0.717) is 23.3 Å². The van der Waals surface area contributed by atoms with Gasteiger partial charge in [-0.25, -0.2) is 4.98 Å². The van der Waals surface area contributed by atoms with Crippen molar-refractivity contribution in [1.82, 2.24) is 4.98 Å². The zero-order chi connectivity index (χ0) is 21.1. The summed E-state index contributed by atoms with van der Waals surface area (Å²) in [4.78, 5) is 18.9. The van der Waals surface area contributed by atoms with Crippen molar-refractivity contribution in [2.45, 2.75) is 25.1 Å². The Morgan fingerprint density at radius 2 is 1.90 bits per heavy atom. The molecule has 8 heteroatoms. The lowest BCUT2D eigenvalue weighted by atomic mass is 10.0. The van der Waals surface area contributed by atoms with E-state index in [1.165, 1.54) is 40.5 Å². The normalized spacial score (nSPS) is 17.4. The Hall–Kier alpha value is -2.71. The second-order valence-electron chi connectivity index (χ2n) is 6.97. The molecule has 30 heavy (non-hydrogen) atoms. The number of rotatable bonds is 5. The second kappa shape index (κ2) is 8.57. The Morgan fingerprint density at radius 3 is 2.57 bits per heavy atom. The molecular weight excluding hydrogens is 413 g/mol. The number of alkyl halides is 3. The predicted octanol–water partition coefficient (Wildman–Crippen LogP) is 5.45. The lowest BCUT2D eigenvalue weighted by Gasteiger charge is -2.22. The average molecular weight is 432 g/mol. The number of aromatic nitrogens is 1. The quantitative estimate of drug-likeness (QED) is 0.503. The first-order chi connectivity index (χ1) is 14.4. The van der Waals surface area contributed by atoms with Gasteiger partial charge < -0.3 is 4.74 Å². The van der Waals surface area contributed by atoms with Crippen molar-refractivity contribution in [3.8, 4) is 0 Å². The Kier molecular flexibility index (Phi) is 5.87. The number of amides is 1. The summed E-state index contributed by atoms with van der Waals surface area (Å²) in [7, 11) is 0. The van der Waals surface area contributed by atoms with Crippen molar-refractivity contribution in [1.29, 1.82) is 0 Å². The van der Waals surface area contributed by atoms with Gasteiger partial charge in [0.1, 0.15) is 0 Å². The smallest absolute Gasteiger partial charge is 0.376 e. The number of halogens is 3. The molecule has 0 radical (unpaired) electrons. The Labute approximate surface area is 175 Å². The van der Waals surface area contributed by atoms with E-state index in [0.717, 1.165) is 17.5 Å². The zero-order valence-corrected chi connectivity index (χ0v) is 16.7. The number of carbonyl (C=O) groups excluding carboxylic acids is 1. The van der Waals surface area contributed by atoms with Gasteiger partial charge in [0.05, 0.1) is 28.4 Å². The van der Waals surface area contributed by atoms with Crippen molar-refractivity contribution in [2.75, 3.05) is 18.1 Å².